The Balaban J connectivity index is 1.92. The lowest BCUT2D eigenvalue weighted by Gasteiger charge is -2.10. The van der Waals surface area contributed by atoms with Crippen LogP contribution in [0.5, 0.6) is 0 Å². The van der Waals surface area contributed by atoms with E-state index in [1.54, 1.807) is 0 Å². The van der Waals surface area contributed by atoms with Crippen LogP contribution in [-0.2, 0) is 11.3 Å². The van der Waals surface area contributed by atoms with Crippen LogP contribution < -0.4 is 5.73 Å². The van der Waals surface area contributed by atoms with Crippen LogP contribution in [0.4, 0.5) is 5.69 Å². The largest absolute Gasteiger partial charge is 0.399 e. The molecule has 0 aliphatic heterocycles. The van der Waals surface area contributed by atoms with Gasteiger partial charge in [0.15, 0.2) is 0 Å². The molecule has 0 bridgehead atoms. The molecule has 1 heterocycles. The van der Waals surface area contributed by atoms with Crippen LogP contribution in [0.3, 0.4) is 0 Å². The Hall–Kier alpha value is -1.81. The molecule has 4 heteroatoms. The van der Waals surface area contributed by atoms with Crippen molar-refractivity contribution in [1.82, 2.24) is 9.55 Å². The van der Waals surface area contributed by atoms with E-state index < -0.39 is 0 Å². The van der Waals surface area contributed by atoms with E-state index in [0.29, 0.717) is 12.5 Å². The topological polar surface area (TPSA) is 53.1 Å². The second-order valence-corrected chi connectivity index (χ2v) is 5.36. The minimum absolute atomic E-state index is 0.686. The standard InChI is InChI=1S/C16H23N3O/c1-13(2)6-10-20-11-9-19-8-7-18-16(19)14-4-3-5-15(17)12-14/h3-5,7-8,12-13H,6,9-11,17H2,1-2H3. The summed E-state index contributed by atoms with van der Waals surface area (Å²) in [6, 6.07) is 7.79. The molecule has 1 aromatic carbocycles. The zero-order chi connectivity index (χ0) is 14.4. The van der Waals surface area contributed by atoms with Crippen molar-refractivity contribution in [3.05, 3.63) is 36.7 Å². The Kier molecular flexibility index (Phi) is 5.18. The second kappa shape index (κ2) is 7.10. The Bertz CT molecular complexity index is 534. The molecule has 0 amide bonds. The molecule has 2 aromatic rings. The summed E-state index contributed by atoms with van der Waals surface area (Å²) in [5.41, 5.74) is 7.61. The van der Waals surface area contributed by atoms with Gasteiger partial charge in [0.05, 0.1) is 6.61 Å². The lowest BCUT2D eigenvalue weighted by Crippen LogP contribution is -2.08. The van der Waals surface area contributed by atoms with E-state index in [-0.39, 0.29) is 0 Å². The van der Waals surface area contributed by atoms with Crippen molar-refractivity contribution in [2.45, 2.75) is 26.8 Å². The number of nitrogens with two attached hydrogens (primary N) is 1. The zero-order valence-corrected chi connectivity index (χ0v) is 12.2. The molecule has 0 aliphatic rings. The Morgan fingerprint density at radius 1 is 1.30 bits per heavy atom. The number of ether oxygens (including phenoxy) is 1. The summed E-state index contributed by atoms with van der Waals surface area (Å²) in [5, 5.41) is 0. The Labute approximate surface area is 120 Å². The fraction of sp³-hybridized carbons (Fsp3) is 0.438. The average molecular weight is 273 g/mol. The van der Waals surface area contributed by atoms with Gasteiger partial charge in [-0.25, -0.2) is 4.98 Å². The molecule has 0 atom stereocenters. The maximum Gasteiger partial charge on any atom is 0.140 e. The van der Waals surface area contributed by atoms with Crippen molar-refractivity contribution >= 4 is 5.69 Å². The number of hydrogen-bond acceptors (Lipinski definition) is 3. The van der Waals surface area contributed by atoms with Crippen molar-refractivity contribution in [3.63, 3.8) is 0 Å². The van der Waals surface area contributed by atoms with Crippen LogP contribution in [-0.4, -0.2) is 22.8 Å². The molecule has 0 saturated carbocycles. The highest BCUT2D eigenvalue weighted by Crippen LogP contribution is 2.19. The number of rotatable bonds is 7. The molecular formula is C16H23N3O. The first-order valence-corrected chi connectivity index (χ1v) is 7.11. The van der Waals surface area contributed by atoms with E-state index in [1.807, 2.05) is 36.7 Å². The fourth-order valence-electron chi connectivity index (χ4n) is 2.01. The van der Waals surface area contributed by atoms with Gasteiger partial charge in [-0.05, 0) is 24.5 Å². The zero-order valence-electron chi connectivity index (χ0n) is 12.2. The molecule has 0 aliphatic carbocycles. The number of anilines is 1. The smallest absolute Gasteiger partial charge is 0.140 e. The lowest BCUT2D eigenvalue weighted by molar-refractivity contribution is 0.116. The quantitative estimate of drug-likeness (QED) is 0.622. The molecule has 20 heavy (non-hydrogen) atoms. The molecule has 0 unspecified atom stereocenters. The molecule has 108 valence electrons. The minimum Gasteiger partial charge on any atom is -0.399 e. The monoisotopic (exact) mass is 273 g/mol. The average Bonchev–Trinajstić information content (AvgIpc) is 2.86. The van der Waals surface area contributed by atoms with Crippen LogP contribution in [0.2, 0.25) is 0 Å². The van der Waals surface area contributed by atoms with Gasteiger partial charge in [0.2, 0.25) is 0 Å². The maximum absolute atomic E-state index is 5.82. The number of hydrogen-bond donors (Lipinski definition) is 1. The number of aromatic nitrogens is 2. The van der Waals surface area contributed by atoms with E-state index in [9.17, 15) is 0 Å². The van der Waals surface area contributed by atoms with E-state index in [0.717, 1.165) is 36.6 Å². The van der Waals surface area contributed by atoms with Crippen molar-refractivity contribution < 1.29 is 4.74 Å². The molecule has 2 N–H and O–H groups in total. The first-order valence-electron chi connectivity index (χ1n) is 7.11. The number of nitrogen functional groups attached to an aromatic ring is 1. The molecule has 0 saturated heterocycles. The van der Waals surface area contributed by atoms with Gasteiger partial charge in [0.1, 0.15) is 5.82 Å². The SMILES string of the molecule is CC(C)CCOCCn1ccnc1-c1cccc(N)c1. The van der Waals surface area contributed by atoms with Gasteiger partial charge in [0.25, 0.3) is 0 Å². The van der Waals surface area contributed by atoms with Crippen molar-refractivity contribution in [1.29, 1.82) is 0 Å². The van der Waals surface area contributed by atoms with Crippen LogP contribution in [0, 0.1) is 5.92 Å². The predicted molar refractivity (Wildman–Crippen MR) is 82.3 cm³/mol. The summed E-state index contributed by atoms with van der Waals surface area (Å²) in [6.07, 6.45) is 4.89. The number of benzene rings is 1. The van der Waals surface area contributed by atoms with Crippen LogP contribution in [0.25, 0.3) is 11.4 Å². The number of nitrogens with zero attached hydrogens (tertiary/aromatic N) is 2. The summed E-state index contributed by atoms with van der Waals surface area (Å²) >= 11 is 0. The highest BCUT2D eigenvalue weighted by Gasteiger charge is 2.06. The third kappa shape index (κ3) is 4.10. The van der Waals surface area contributed by atoms with Crippen molar-refractivity contribution in [2.24, 2.45) is 5.92 Å². The highest BCUT2D eigenvalue weighted by atomic mass is 16.5. The van der Waals surface area contributed by atoms with Crippen LogP contribution in [0.1, 0.15) is 20.3 Å². The summed E-state index contributed by atoms with van der Waals surface area (Å²) in [7, 11) is 0. The van der Waals surface area contributed by atoms with Gasteiger partial charge in [-0.2, -0.15) is 0 Å². The van der Waals surface area contributed by atoms with E-state index >= 15 is 0 Å². The second-order valence-electron chi connectivity index (χ2n) is 5.36. The lowest BCUT2D eigenvalue weighted by atomic mass is 10.1. The summed E-state index contributed by atoms with van der Waals surface area (Å²) < 4.78 is 7.76. The Morgan fingerprint density at radius 2 is 2.15 bits per heavy atom. The predicted octanol–water partition coefficient (Wildman–Crippen LogP) is 3.20. The minimum atomic E-state index is 0.686. The molecule has 0 spiro atoms. The van der Waals surface area contributed by atoms with Gasteiger partial charge in [-0.1, -0.05) is 26.0 Å². The molecule has 0 fully saturated rings. The summed E-state index contributed by atoms with van der Waals surface area (Å²) in [5.74, 6) is 1.62. The van der Waals surface area contributed by atoms with Crippen LogP contribution >= 0.6 is 0 Å². The van der Waals surface area contributed by atoms with Crippen molar-refractivity contribution in [3.8, 4) is 11.4 Å². The normalized spacial score (nSPS) is 11.2. The van der Waals surface area contributed by atoms with Gasteiger partial charge >= 0.3 is 0 Å². The molecule has 0 radical (unpaired) electrons. The first-order chi connectivity index (χ1) is 9.66. The third-order valence-corrected chi connectivity index (χ3v) is 3.18. The maximum atomic E-state index is 5.82. The summed E-state index contributed by atoms with van der Waals surface area (Å²) in [6.45, 7) is 6.74. The van der Waals surface area contributed by atoms with Gasteiger partial charge in [-0.3, -0.25) is 0 Å². The van der Waals surface area contributed by atoms with E-state index in [2.05, 4.69) is 23.4 Å². The van der Waals surface area contributed by atoms with E-state index in [4.69, 9.17) is 10.5 Å². The van der Waals surface area contributed by atoms with Gasteiger partial charge in [-0.15, -0.1) is 0 Å². The first kappa shape index (κ1) is 14.6. The molecular weight excluding hydrogens is 250 g/mol. The van der Waals surface area contributed by atoms with Gasteiger partial charge in [0, 0.05) is 36.8 Å². The van der Waals surface area contributed by atoms with Gasteiger partial charge < -0.3 is 15.0 Å². The van der Waals surface area contributed by atoms with E-state index in [1.165, 1.54) is 0 Å². The highest BCUT2D eigenvalue weighted by molar-refractivity contribution is 5.61. The molecule has 4 nitrogen and oxygen atoms in total. The molecule has 1 aromatic heterocycles. The fourth-order valence-corrected chi connectivity index (χ4v) is 2.01. The number of imidazole rings is 1. The summed E-state index contributed by atoms with van der Waals surface area (Å²) in [4.78, 5) is 4.41. The molecule has 2 rings (SSSR count). The van der Waals surface area contributed by atoms with Crippen LogP contribution in [0.15, 0.2) is 36.7 Å². The Morgan fingerprint density at radius 3 is 2.90 bits per heavy atom. The third-order valence-electron chi connectivity index (χ3n) is 3.18. The van der Waals surface area contributed by atoms with Crippen molar-refractivity contribution in [2.75, 3.05) is 18.9 Å².